The fourth-order valence-corrected chi connectivity index (χ4v) is 7.24. The summed E-state index contributed by atoms with van der Waals surface area (Å²) in [5, 5.41) is 7.49. The number of nitrogens with one attached hydrogen (secondary N) is 1. The second-order valence-corrected chi connectivity index (χ2v) is 13.7. The molecule has 1 amide bonds. The van der Waals surface area contributed by atoms with Crippen molar-refractivity contribution in [2.75, 3.05) is 33.2 Å². The van der Waals surface area contributed by atoms with Crippen LogP contribution in [0.5, 0.6) is 0 Å². The van der Waals surface area contributed by atoms with E-state index in [4.69, 9.17) is 16.1 Å². The first kappa shape index (κ1) is 28.0. The van der Waals surface area contributed by atoms with Gasteiger partial charge in [0.05, 0.1) is 4.90 Å². The van der Waals surface area contributed by atoms with Crippen molar-refractivity contribution in [3.8, 4) is 0 Å². The van der Waals surface area contributed by atoms with Crippen molar-refractivity contribution >= 4 is 27.3 Å². The minimum atomic E-state index is -3.71. The Kier molecular flexibility index (Phi) is 8.33. The molecule has 37 heavy (non-hydrogen) atoms. The first-order valence-corrected chi connectivity index (χ1v) is 14.9. The van der Waals surface area contributed by atoms with Gasteiger partial charge in [0, 0.05) is 43.3 Å². The molecule has 2 aliphatic rings. The summed E-state index contributed by atoms with van der Waals surface area (Å²) < 4.78 is 31.1. The number of carbonyl (C=O) groups is 1. The van der Waals surface area contributed by atoms with Gasteiger partial charge in [0.2, 0.25) is 11.8 Å². The summed E-state index contributed by atoms with van der Waals surface area (Å²) in [5.74, 6) is -0.472. The van der Waals surface area contributed by atoms with Crippen molar-refractivity contribution in [3.05, 3.63) is 40.0 Å². The van der Waals surface area contributed by atoms with Crippen molar-refractivity contribution in [2.24, 2.45) is 5.41 Å². The quantitative estimate of drug-likeness (QED) is 0.559. The number of nitrogens with zero attached hydrogens (tertiary/aromatic N) is 4. The maximum Gasteiger partial charge on any atom is 0.236 e. The smallest absolute Gasteiger partial charge is 0.236 e. The van der Waals surface area contributed by atoms with Crippen LogP contribution >= 0.6 is 11.6 Å². The molecule has 1 aromatic carbocycles. The van der Waals surface area contributed by atoms with Gasteiger partial charge in [0.1, 0.15) is 12.2 Å². The van der Waals surface area contributed by atoms with E-state index in [2.05, 4.69) is 46.2 Å². The van der Waals surface area contributed by atoms with Crippen LogP contribution in [0.3, 0.4) is 0 Å². The number of aryl methyl sites for hydroxylation is 2. The summed E-state index contributed by atoms with van der Waals surface area (Å²) in [6, 6.07) is 3.80. The van der Waals surface area contributed by atoms with E-state index in [0.29, 0.717) is 22.2 Å². The molecule has 0 bridgehead atoms. The molecule has 2 heterocycles. The number of piperazine rings is 1. The number of hydrogen-bond acceptors (Lipinski definition) is 8. The Bertz CT molecular complexity index is 1240. The molecule has 9 nitrogen and oxygen atoms in total. The number of sulfone groups is 1. The molecular formula is C26H38ClN5O4S. The van der Waals surface area contributed by atoms with Crippen LogP contribution in [0.4, 0.5) is 0 Å². The standard InChI is InChI=1S/C26H38ClN5O4S/c1-17-13-21(18(2)12-20(17)27)37(34,35)16-23-29-25(36-30-23)14-24(33)28-22-7-6-19(15-26(22,3)4)32-10-8-31(5)9-11-32/h12-13,19,22H,6-11,14-16H2,1-5H3,(H,28,33). The van der Waals surface area contributed by atoms with Gasteiger partial charge in [0.15, 0.2) is 15.7 Å². The van der Waals surface area contributed by atoms with Gasteiger partial charge in [-0.15, -0.1) is 0 Å². The Morgan fingerprint density at radius 2 is 1.86 bits per heavy atom. The molecule has 11 heteroatoms. The van der Waals surface area contributed by atoms with Crippen molar-refractivity contribution in [2.45, 2.75) is 76.1 Å². The average molecular weight is 552 g/mol. The third-order valence-corrected chi connectivity index (χ3v) is 9.97. The highest BCUT2D eigenvalue weighted by Gasteiger charge is 2.40. The molecule has 1 aromatic heterocycles. The zero-order chi connectivity index (χ0) is 27.0. The fraction of sp³-hybridized carbons (Fsp3) is 0.654. The van der Waals surface area contributed by atoms with E-state index < -0.39 is 15.6 Å². The van der Waals surface area contributed by atoms with Crippen molar-refractivity contribution in [1.29, 1.82) is 0 Å². The molecule has 1 N–H and O–H groups in total. The lowest BCUT2D eigenvalue weighted by Gasteiger charge is -2.48. The van der Waals surface area contributed by atoms with Gasteiger partial charge in [-0.2, -0.15) is 4.98 Å². The molecule has 2 unspecified atom stereocenters. The SMILES string of the molecule is Cc1cc(S(=O)(=O)Cc2noc(CC(=O)NC3CCC(N4CCN(C)CC4)CC3(C)C)n2)c(C)cc1Cl. The second kappa shape index (κ2) is 11.0. The van der Waals surface area contributed by atoms with Crippen LogP contribution in [-0.4, -0.2) is 79.6 Å². The normalized spacial score (nSPS) is 23.2. The fourth-order valence-electron chi connectivity index (χ4n) is 5.51. The Morgan fingerprint density at radius 3 is 2.54 bits per heavy atom. The molecule has 2 aromatic rings. The van der Waals surface area contributed by atoms with E-state index >= 15 is 0 Å². The van der Waals surface area contributed by atoms with Gasteiger partial charge < -0.3 is 14.7 Å². The average Bonchev–Trinajstić information content (AvgIpc) is 3.23. The number of rotatable bonds is 7. The van der Waals surface area contributed by atoms with E-state index in [1.54, 1.807) is 26.0 Å². The molecule has 204 valence electrons. The zero-order valence-electron chi connectivity index (χ0n) is 22.4. The molecule has 0 radical (unpaired) electrons. The lowest BCUT2D eigenvalue weighted by atomic mass is 9.70. The Labute approximate surface area is 224 Å². The van der Waals surface area contributed by atoms with Gasteiger partial charge in [-0.05, 0) is 68.8 Å². The van der Waals surface area contributed by atoms with Crippen LogP contribution in [0.2, 0.25) is 5.02 Å². The van der Waals surface area contributed by atoms with Crippen molar-refractivity contribution in [3.63, 3.8) is 0 Å². The summed E-state index contributed by atoms with van der Waals surface area (Å²) in [6.07, 6.45) is 2.93. The monoisotopic (exact) mass is 551 g/mol. The highest BCUT2D eigenvalue weighted by molar-refractivity contribution is 7.90. The minimum absolute atomic E-state index is 0.0304. The van der Waals surface area contributed by atoms with Crippen molar-refractivity contribution < 1.29 is 17.7 Å². The lowest BCUT2D eigenvalue weighted by Crippen LogP contribution is -2.56. The third kappa shape index (κ3) is 6.71. The van der Waals surface area contributed by atoms with Gasteiger partial charge in [-0.1, -0.05) is 30.6 Å². The van der Waals surface area contributed by atoms with Crippen molar-refractivity contribution in [1.82, 2.24) is 25.3 Å². The predicted octanol–water partition coefficient (Wildman–Crippen LogP) is 3.17. The second-order valence-electron chi connectivity index (χ2n) is 11.3. The van der Waals surface area contributed by atoms with Gasteiger partial charge in [-0.3, -0.25) is 9.69 Å². The number of hydrogen-bond donors (Lipinski definition) is 1. The summed E-state index contributed by atoms with van der Waals surface area (Å²) in [4.78, 5) is 22.2. The molecule has 2 atom stereocenters. The largest absolute Gasteiger partial charge is 0.352 e. The predicted molar refractivity (Wildman–Crippen MR) is 142 cm³/mol. The Morgan fingerprint density at radius 1 is 1.16 bits per heavy atom. The van der Waals surface area contributed by atoms with Crippen LogP contribution in [0.25, 0.3) is 0 Å². The minimum Gasteiger partial charge on any atom is -0.352 e. The number of aromatic nitrogens is 2. The number of halogens is 1. The zero-order valence-corrected chi connectivity index (χ0v) is 24.0. The first-order valence-electron chi connectivity index (χ1n) is 12.9. The Balaban J connectivity index is 1.33. The molecule has 4 rings (SSSR count). The van der Waals surface area contributed by atoms with E-state index in [1.165, 1.54) is 0 Å². The van der Waals surface area contributed by atoms with Crippen LogP contribution in [-0.2, 0) is 26.8 Å². The topological polar surface area (TPSA) is 109 Å². The van der Waals surface area contributed by atoms with Crippen LogP contribution in [0, 0.1) is 19.3 Å². The molecule has 1 aliphatic carbocycles. The Hall–Kier alpha value is -2.01. The van der Waals surface area contributed by atoms with Crippen LogP contribution in [0.15, 0.2) is 21.6 Å². The molecular weight excluding hydrogens is 514 g/mol. The molecule has 1 aliphatic heterocycles. The van der Waals surface area contributed by atoms with Gasteiger partial charge >= 0.3 is 0 Å². The van der Waals surface area contributed by atoms with E-state index in [0.717, 1.165) is 45.4 Å². The highest BCUT2D eigenvalue weighted by Crippen LogP contribution is 2.38. The maximum atomic E-state index is 13.0. The molecule has 2 fully saturated rings. The van der Waals surface area contributed by atoms with Gasteiger partial charge in [0.25, 0.3) is 0 Å². The first-order chi connectivity index (χ1) is 17.3. The molecule has 0 spiro atoms. The number of amides is 1. The van der Waals surface area contributed by atoms with E-state index in [1.807, 2.05) is 0 Å². The number of carbonyl (C=O) groups excluding carboxylic acids is 1. The third-order valence-electron chi connectivity index (χ3n) is 7.82. The highest BCUT2D eigenvalue weighted by atomic mass is 35.5. The van der Waals surface area contributed by atoms with E-state index in [-0.39, 0.29) is 40.4 Å². The molecule has 1 saturated carbocycles. The van der Waals surface area contributed by atoms with Crippen LogP contribution in [0.1, 0.15) is 56.0 Å². The lowest BCUT2D eigenvalue weighted by molar-refractivity contribution is -0.123. The summed E-state index contributed by atoms with van der Waals surface area (Å²) in [5.41, 5.74) is 1.20. The summed E-state index contributed by atoms with van der Waals surface area (Å²) in [7, 11) is -1.54. The molecule has 1 saturated heterocycles. The number of benzene rings is 1. The van der Waals surface area contributed by atoms with E-state index in [9.17, 15) is 13.2 Å². The van der Waals surface area contributed by atoms with Gasteiger partial charge in [-0.25, -0.2) is 8.42 Å². The van der Waals surface area contributed by atoms with Crippen LogP contribution < -0.4 is 5.32 Å². The number of likely N-dealkylation sites (N-methyl/N-ethyl adjacent to an activating group) is 1. The summed E-state index contributed by atoms with van der Waals surface area (Å²) >= 11 is 6.11. The summed E-state index contributed by atoms with van der Waals surface area (Å²) in [6.45, 7) is 12.3. The maximum absolute atomic E-state index is 13.0.